The molecule has 3 aromatic heterocycles. The first-order chi connectivity index (χ1) is 21.8. The summed E-state index contributed by atoms with van der Waals surface area (Å²) in [5.41, 5.74) is 6.80. The summed E-state index contributed by atoms with van der Waals surface area (Å²) in [5.74, 6) is 1.91. The quantitative estimate of drug-likeness (QED) is 0.207. The summed E-state index contributed by atoms with van der Waals surface area (Å²) in [6.07, 6.45) is 0. The summed E-state index contributed by atoms with van der Waals surface area (Å²) >= 11 is 1.83. The van der Waals surface area contributed by atoms with Gasteiger partial charge in [0.05, 0.1) is 0 Å². The molecule has 206 valence electrons. The van der Waals surface area contributed by atoms with Crippen LogP contribution in [0.3, 0.4) is 0 Å². The van der Waals surface area contributed by atoms with Crippen LogP contribution in [0.5, 0.6) is 0 Å². The van der Waals surface area contributed by atoms with Crippen molar-refractivity contribution in [3.8, 4) is 45.3 Å². The number of benzene rings is 6. The van der Waals surface area contributed by atoms with Gasteiger partial charge in [0.15, 0.2) is 17.5 Å². The Balaban J connectivity index is 1.23. The van der Waals surface area contributed by atoms with Gasteiger partial charge >= 0.3 is 0 Å². The van der Waals surface area contributed by atoms with Crippen LogP contribution in [0.25, 0.3) is 87.4 Å². The highest BCUT2D eigenvalue weighted by atomic mass is 32.1. The lowest BCUT2D eigenvalue weighted by Gasteiger charge is -2.08. The standard InChI is InChI=1S/C39H23N3OS/c1-3-11-24(12-4-1)37-40-38(25-13-5-2-6-14-25)42-39(41-37)26-21-22-33-32(23-26)29-17-9-16-28(35(29)43-33)31-19-10-18-30-27-15-7-8-20-34(27)44-36(30)31/h1-23H. The Kier molecular flexibility index (Phi) is 5.64. The van der Waals surface area contributed by atoms with Gasteiger partial charge in [0.2, 0.25) is 0 Å². The number of hydrogen-bond donors (Lipinski definition) is 0. The van der Waals surface area contributed by atoms with Gasteiger partial charge in [-0.3, -0.25) is 0 Å². The molecule has 6 aromatic carbocycles. The van der Waals surface area contributed by atoms with E-state index in [4.69, 9.17) is 19.4 Å². The van der Waals surface area contributed by atoms with E-state index in [-0.39, 0.29) is 0 Å². The minimum Gasteiger partial charge on any atom is -0.455 e. The van der Waals surface area contributed by atoms with Crippen LogP contribution in [0.15, 0.2) is 144 Å². The second kappa shape index (κ2) is 9.97. The molecule has 0 fully saturated rings. The van der Waals surface area contributed by atoms with Crippen LogP contribution in [0.4, 0.5) is 0 Å². The molecule has 5 heteroatoms. The molecule has 3 heterocycles. The number of para-hydroxylation sites is 1. The third kappa shape index (κ3) is 4.02. The Morgan fingerprint density at radius 3 is 1.75 bits per heavy atom. The third-order valence-electron chi connectivity index (χ3n) is 8.15. The summed E-state index contributed by atoms with van der Waals surface area (Å²) in [7, 11) is 0. The molecule has 0 atom stereocenters. The lowest BCUT2D eigenvalue weighted by molar-refractivity contribution is 0.670. The van der Waals surface area contributed by atoms with Gasteiger partial charge in [0.25, 0.3) is 0 Å². The van der Waals surface area contributed by atoms with Crippen LogP contribution in [0, 0.1) is 0 Å². The van der Waals surface area contributed by atoms with E-state index in [1.54, 1.807) is 0 Å². The lowest BCUT2D eigenvalue weighted by atomic mass is 10.00. The highest BCUT2D eigenvalue weighted by molar-refractivity contribution is 7.26. The zero-order chi connectivity index (χ0) is 29.0. The maximum atomic E-state index is 6.59. The number of furan rings is 1. The van der Waals surface area contributed by atoms with Gasteiger partial charge in [0, 0.05) is 58.8 Å². The van der Waals surface area contributed by atoms with E-state index >= 15 is 0 Å². The average molecular weight is 582 g/mol. The van der Waals surface area contributed by atoms with E-state index in [1.807, 2.05) is 84.1 Å². The maximum absolute atomic E-state index is 6.59. The van der Waals surface area contributed by atoms with Crippen molar-refractivity contribution in [2.24, 2.45) is 0 Å². The highest BCUT2D eigenvalue weighted by Crippen LogP contribution is 2.43. The minimum atomic E-state index is 0.625. The van der Waals surface area contributed by atoms with Crippen LogP contribution < -0.4 is 0 Å². The van der Waals surface area contributed by atoms with Gasteiger partial charge < -0.3 is 4.42 Å². The van der Waals surface area contributed by atoms with E-state index in [2.05, 4.69) is 66.7 Å². The fraction of sp³-hybridized carbons (Fsp3) is 0. The van der Waals surface area contributed by atoms with Crippen molar-refractivity contribution in [3.63, 3.8) is 0 Å². The molecule has 0 aliphatic heterocycles. The maximum Gasteiger partial charge on any atom is 0.164 e. The average Bonchev–Trinajstić information content (AvgIpc) is 3.67. The molecule has 9 aromatic rings. The second-order valence-corrected chi connectivity index (χ2v) is 11.9. The van der Waals surface area contributed by atoms with Crippen LogP contribution >= 0.6 is 11.3 Å². The van der Waals surface area contributed by atoms with E-state index < -0.39 is 0 Å². The molecular formula is C39H23N3OS. The van der Waals surface area contributed by atoms with E-state index in [1.165, 1.54) is 25.7 Å². The monoisotopic (exact) mass is 581 g/mol. The van der Waals surface area contributed by atoms with Gasteiger partial charge in [-0.1, -0.05) is 115 Å². The van der Waals surface area contributed by atoms with E-state index in [0.717, 1.165) is 44.2 Å². The molecule has 0 saturated carbocycles. The van der Waals surface area contributed by atoms with Crippen LogP contribution in [-0.2, 0) is 0 Å². The summed E-state index contributed by atoms with van der Waals surface area (Å²) in [6.45, 7) is 0. The largest absolute Gasteiger partial charge is 0.455 e. The van der Waals surface area contributed by atoms with Crippen molar-refractivity contribution in [2.45, 2.75) is 0 Å². The zero-order valence-corrected chi connectivity index (χ0v) is 24.3. The lowest BCUT2D eigenvalue weighted by Crippen LogP contribution is -2.00. The minimum absolute atomic E-state index is 0.625. The van der Waals surface area contributed by atoms with Crippen molar-refractivity contribution in [1.82, 2.24) is 15.0 Å². The van der Waals surface area contributed by atoms with E-state index in [0.29, 0.717) is 17.5 Å². The number of hydrogen-bond acceptors (Lipinski definition) is 5. The van der Waals surface area contributed by atoms with Crippen LogP contribution in [0.2, 0.25) is 0 Å². The van der Waals surface area contributed by atoms with Crippen LogP contribution in [-0.4, -0.2) is 15.0 Å². The van der Waals surface area contributed by atoms with Gasteiger partial charge in [-0.25, -0.2) is 15.0 Å². The number of thiophene rings is 1. The molecule has 0 spiro atoms. The second-order valence-electron chi connectivity index (χ2n) is 10.8. The normalized spacial score (nSPS) is 11.6. The Morgan fingerprint density at radius 2 is 1.02 bits per heavy atom. The molecule has 4 nitrogen and oxygen atoms in total. The zero-order valence-electron chi connectivity index (χ0n) is 23.4. The molecule has 0 N–H and O–H groups in total. The van der Waals surface area contributed by atoms with Crippen molar-refractivity contribution >= 4 is 53.4 Å². The fourth-order valence-electron chi connectivity index (χ4n) is 6.05. The summed E-state index contributed by atoms with van der Waals surface area (Å²) in [4.78, 5) is 14.7. The topological polar surface area (TPSA) is 51.8 Å². The van der Waals surface area contributed by atoms with Crippen molar-refractivity contribution < 1.29 is 4.42 Å². The highest BCUT2D eigenvalue weighted by Gasteiger charge is 2.18. The Morgan fingerprint density at radius 1 is 0.432 bits per heavy atom. The van der Waals surface area contributed by atoms with Gasteiger partial charge in [-0.2, -0.15) is 0 Å². The van der Waals surface area contributed by atoms with Gasteiger partial charge in [-0.05, 0) is 24.3 Å². The predicted octanol–water partition coefficient (Wildman–Crippen LogP) is 10.8. The summed E-state index contributed by atoms with van der Waals surface area (Å²) in [6, 6.07) is 47.9. The number of fused-ring (bicyclic) bond motifs is 6. The SMILES string of the molecule is c1ccc(-c2nc(-c3ccccc3)nc(-c3ccc4oc5c(-c6cccc7c6sc6ccccc67)cccc5c4c3)n2)cc1. The Labute approximate surface area is 256 Å². The van der Waals surface area contributed by atoms with Crippen molar-refractivity contribution in [2.75, 3.05) is 0 Å². The third-order valence-corrected chi connectivity index (χ3v) is 9.37. The summed E-state index contributed by atoms with van der Waals surface area (Å²) < 4.78 is 9.15. The van der Waals surface area contributed by atoms with E-state index in [9.17, 15) is 0 Å². The molecular weight excluding hydrogens is 559 g/mol. The van der Waals surface area contributed by atoms with Crippen molar-refractivity contribution in [1.29, 1.82) is 0 Å². The number of nitrogens with zero attached hydrogens (tertiary/aromatic N) is 3. The van der Waals surface area contributed by atoms with Gasteiger partial charge in [0.1, 0.15) is 11.2 Å². The number of aromatic nitrogens is 3. The predicted molar refractivity (Wildman–Crippen MR) is 182 cm³/mol. The fourth-order valence-corrected chi connectivity index (χ4v) is 7.28. The molecule has 0 bridgehead atoms. The first-order valence-corrected chi connectivity index (χ1v) is 15.3. The number of rotatable bonds is 4. The first-order valence-electron chi connectivity index (χ1n) is 14.5. The smallest absolute Gasteiger partial charge is 0.164 e. The Hall–Kier alpha value is -5.65. The molecule has 44 heavy (non-hydrogen) atoms. The summed E-state index contributed by atoms with van der Waals surface area (Å²) in [5, 5.41) is 4.67. The van der Waals surface area contributed by atoms with Crippen molar-refractivity contribution in [3.05, 3.63) is 140 Å². The van der Waals surface area contributed by atoms with Gasteiger partial charge in [-0.15, -0.1) is 11.3 Å². The van der Waals surface area contributed by atoms with Crippen LogP contribution in [0.1, 0.15) is 0 Å². The molecule has 0 unspecified atom stereocenters. The molecule has 0 amide bonds. The Bertz CT molecular complexity index is 2440. The first kappa shape index (κ1) is 24.9. The molecule has 0 aliphatic rings. The molecule has 0 aliphatic carbocycles. The molecule has 0 radical (unpaired) electrons. The molecule has 9 rings (SSSR count). The molecule has 0 saturated heterocycles.